The molecule has 1 rings (SSSR count). The topological polar surface area (TPSA) is 12.0 Å². The van der Waals surface area contributed by atoms with E-state index in [2.05, 4.69) is 26.1 Å². The van der Waals surface area contributed by atoms with Crippen molar-refractivity contribution in [2.24, 2.45) is 0 Å². The third-order valence-electron chi connectivity index (χ3n) is 2.02. The van der Waals surface area contributed by atoms with Gasteiger partial charge in [-0.25, -0.2) is 4.39 Å². The molecule has 0 atom stereocenters. The average molecular weight is 195 g/mol. The number of hydrogen-bond acceptors (Lipinski definition) is 1. The van der Waals surface area contributed by atoms with E-state index in [1.54, 1.807) is 6.07 Å². The van der Waals surface area contributed by atoms with E-state index >= 15 is 0 Å². The van der Waals surface area contributed by atoms with Crippen molar-refractivity contribution in [2.45, 2.75) is 39.8 Å². The van der Waals surface area contributed by atoms with Crippen molar-refractivity contribution in [1.29, 1.82) is 0 Å². The summed E-state index contributed by atoms with van der Waals surface area (Å²) in [5.74, 6) is -0.123. The molecule has 0 aliphatic heterocycles. The fourth-order valence-electron chi connectivity index (χ4n) is 1.16. The Morgan fingerprint density at radius 1 is 1.29 bits per heavy atom. The molecule has 1 aromatic rings. The second kappa shape index (κ2) is 4.09. The summed E-state index contributed by atoms with van der Waals surface area (Å²) in [6.45, 7) is 8.68. The molecule has 2 heteroatoms. The van der Waals surface area contributed by atoms with Gasteiger partial charge < -0.3 is 5.32 Å². The maximum atomic E-state index is 13.4. The van der Waals surface area contributed by atoms with Crippen LogP contribution in [0.2, 0.25) is 0 Å². The van der Waals surface area contributed by atoms with E-state index in [0.29, 0.717) is 6.54 Å². The Balaban J connectivity index is 2.68. The minimum Gasteiger partial charge on any atom is -0.308 e. The Labute approximate surface area is 85.3 Å². The molecule has 1 aromatic carbocycles. The van der Waals surface area contributed by atoms with Crippen LogP contribution < -0.4 is 5.32 Å². The monoisotopic (exact) mass is 195 g/mol. The highest BCUT2D eigenvalue weighted by Crippen LogP contribution is 2.11. The van der Waals surface area contributed by atoms with Crippen molar-refractivity contribution < 1.29 is 4.39 Å². The maximum absolute atomic E-state index is 13.4. The summed E-state index contributed by atoms with van der Waals surface area (Å²) >= 11 is 0. The molecule has 0 unspecified atom stereocenters. The molecule has 0 amide bonds. The zero-order valence-electron chi connectivity index (χ0n) is 9.32. The Hall–Kier alpha value is -0.890. The summed E-state index contributed by atoms with van der Waals surface area (Å²) < 4.78 is 13.4. The third-order valence-corrected chi connectivity index (χ3v) is 2.02. The number of rotatable bonds is 2. The second-order valence-electron chi connectivity index (χ2n) is 4.70. The van der Waals surface area contributed by atoms with Gasteiger partial charge in [-0.2, -0.15) is 0 Å². The summed E-state index contributed by atoms with van der Waals surface area (Å²) in [5, 5.41) is 3.26. The van der Waals surface area contributed by atoms with E-state index in [9.17, 15) is 4.39 Å². The van der Waals surface area contributed by atoms with Crippen LogP contribution in [-0.4, -0.2) is 5.54 Å². The van der Waals surface area contributed by atoms with Crippen LogP contribution in [0.3, 0.4) is 0 Å². The first-order chi connectivity index (χ1) is 6.38. The summed E-state index contributed by atoms with van der Waals surface area (Å²) in [5.41, 5.74) is 1.71. The Morgan fingerprint density at radius 2 is 1.93 bits per heavy atom. The van der Waals surface area contributed by atoms with Gasteiger partial charge in [-0.1, -0.05) is 12.1 Å². The van der Waals surface area contributed by atoms with E-state index < -0.39 is 0 Å². The summed E-state index contributed by atoms with van der Waals surface area (Å²) in [6.07, 6.45) is 0. The summed E-state index contributed by atoms with van der Waals surface area (Å²) in [6, 6.07) is 5.34. The molecule has 1 nitrogen and oxygen atoms in total. The van der Waals surface area contributed by atoms with Crippen LogP contribution in [0.25, 0.3) is 0 Å². The highest BCUT2D eigenvalue weighted by molar-refractivity contribution is 5.23. The zero-order valence-corrected chi connectivity index (χ0v) is 9.32. The number of hydrogen-bond donors (Lipinski definition) is 1. The Kier molecular flexibility index (Phi) is 3.27. The minimum absolute atomic E-state index is 0.0251. The molecule has 0 aliphatic carbocycles. The predicted octanol–water partition coefficient (Wildman–Crippen LogP) is 3.02. The number of halogens is 1. The molecule has 0 fully saturated rings. The molecule has 0 saturated heterocycles. The number of aryl methyl sites for hydroxylation is 1. The van der Waals surface area contributed by atoms with Gasteiger partial charge in [-0.15, -0.1) is 0 Å². The van der Waals surface area contributed by atoms with E-state index in [4.69, 9.17) is 0 Å². The molecule has 14 heavy (non-hydrogen) atoms. The molecule has 0 aromatic heterocycles. The molecule has 78 valence electrons. The summed E-state index contributed by atoms with van der Waals surface area (Å²) in [4.78, 5) is 0. The Morgan fingerprint density at radius 3 is 2.43 bits per heavy atom. The smallest absolute Gasteiger partial charge is 0.127 e. The van der Waals surface area contributed by atoms with Gasteiger partial charge in [-0.3, -0.25) is 0 Å². The number of benzene rings is 1. The SMILES string of the molecule is Cc1ccc(CNC(C)(C)C)c(F)c1. The van der Waals surface area contributed by atoms with Crippen LogP contribution in [0, 0.1) is 12.7 Å². The lowest BCUT2D eigenvalue weighted by Crippen LogP contribution is -2.35. The average Bonchev–Trinajstić information content (AvgIpc) is 2.00. The predicted molar refractivity (Wildman–Crippen MR) is 57.7 cm³/mol. The van der Waals surface area contributed by atoms with E-state index in [0.717, 1.165) is 11.1 Å². The molecule has 0 radical (unpaired) electrons. The van der Waals surface area contributed by atoms with E-state index in [-0.39, 0.29) is 11.4 Å². The van der Waals surface area contributed by atoms with Gasteiger partial charge in [0.1, 0.15) is 5.82 Å². The second-order valence-corrected chi connectivity index (χ2v) is 4.70. The maximum Gasteiger partial charge on any atom is 0.127 e. The highest BCUT2D eigenvalue weighted by atomic mass is 19.1. The highest BCUT2D eigenvalue weighted by Gasteiger charge is 2.10. The fraction of sp³-hybridized carbons (Fsp3) is 0.500. The molecule has 0 heterocycles. The quantitative estimate of drug-likeness (QED) is 0.765. The van der Waals surface area contributed by atoms with Crippen molar-refractivity contribution >= 4 is 0 Å². The van der Waals surface area contributed by atoms with E-state index in [1.165, 1.54) is 0 Å². The van der Waals surface area contributed by atoms with Crippen LogP contribution in [0.5, 0.6) is 0 Å². The fourth-order valence-corrected chi connectivity index (χ4v) is 1.16. The molecule has 0 bridgehead atoms. The first kappa shape index (κ1) is 11.2. The van der Waals surface area contributed by atoms with Gasteiger partial charge in [0.2, 0.25) is 0 Å². The van der Waals surface area contributed by atoms with Gasteiger partial charge >= 0.3 is 0 Å². The molecule has 0 saturated carbocycles. The van der Waals surface area contributed by atoms with Gasteiger partial charge in [0.05, 0.1) is 0 Å². The molecule has 0 aliphatic rings. The largest absolute Gasteiger partial charge is 0.308 e. The standard InChI is InChI=1S/C12H18FN/c1-9-5-6-10(11(13)7-9)8-14-12(2,3)4/h5-7,14H,8H2,1-4H3. The van der Waals surface area contributed by atoms with Crippen LogP contribution in [-0.2, 0) is 6.54 Å². The lowest BCUT2D eigenvalue weighted by Gasteiger charge is -2.20. The van der Waals surface area contributed by atoms with Gasteiger partial charge in [0.15, 0.2) is 0 Å². The first-order valence-corrected chi connectivity index (χ1v) is 4.88. The van der Waals surface area contributed by atoms with Gasteiger partial charge in [-0.05, 0) is 39.3 Å². The third kappa shape index (κ3) is 3.46. The lowest BCUT2D eigenvalue weighted by molar-refractivity contribution is 0.418. The molecule has 0 spiro atoms. The van der Waals surface area contributed by atoms with Crippen molar-refractivity contribution in [3.63, 3.8) is 0 Å². The van der Waals surface area contributed by atoms with Crippen molar-refractivity contribution in [1.82, 2.24) is 5.32 Å². The van der Waals surface area contributed by atoms with Crippen molar-refractivity contribution in [3.8, 4) is 0 Å². The lowest BCUT2D eigenvalue weighted by atomic mass is 10.1. The van der Waals surface area contributed by atoms with Crippen LogP contribution in [0.15, 0.2) is 18.2 Å². The normalized spacial score (nSPS) is 11.8. The van der Waals surface area contributed by atoms with Crippen molar-refractivity contribution in [2.75, 3.05) is 0 Å². The summed E-state index contributed by atoms with van der Waals surface area (Å²) in [7, 11) is 0. The minimum atomic E-state index is -0.123. The van der Waals surface area contributed by atoms with Crippen molar-refractivity contribution in [3.05, 3.63) is 35.1 Å². The van der Waals surface area contributed by atoms with Crippen LogP contribution in [0.4, 0.5) is 4.39 Å². The molecular formula is C12H18FN. The molecular weight excluding hydrogens is 177 g/mol. The molecule has 1 N–H and O–H groups in total. The first-order valence-electron chi connectivity index (χ1n) is 4.88. The van der Waals surface area contributed by atoms with E-state index in [1.807, 2.05) is 19.1 Å². The van der Waals surface area contributed by atoms with Crippen LogP contribution in [0.1, 0.15) is 31.9 Å². The zero-order chi connectivity index (χ0) is 10.8. The van der Waals surface area contributed by atoms with Crippen LogP contribution >= 0.6 is 0 Å². The number of nitrogens with one attached hydrogen (secondary N) is 1. The van der Waals surface area contributed by atoms with Gasteiger partial charge in [0, 0.05) is 17.6 Å². The van der Waals surface area contributed by atoms with Gasteiger partial charge in [0.25, 0.3) is 0 Å². The Bertz CT molecular complexity index is 313.